The van der Waals surface area contributed by atoms with Crippen molar-refractivity contribution in [2.45, 2.75) is 37.7 Å². The van der Waals surface area contributed by atoms with Gasteiger partial charge in [-0.15, -0.1) is 0 Å². The number of fused-ring (bicyclic) bond motifs is 1. The molecule has 1 fully saturated rings. The van der Waals surface area contributed by atoms with Crippen molar-refractivity contribution in [3.63, 3.8) is 0 Å². The Morgan fingerprint density at radius 2 is 2.13 bits per heavy atom. The number of carbonyl (C=O) groups is 1. The fourth-order valence-corrected chi connectivity index (χ4v) is 3.13. The predicted molar refractivity (Wildman–Crippen MR) is 85.1 cm³/mol. The molecule has 0 aliphatic heterocycles. The molecule has 23 heavy (non-hydrogen) atoms. The first-order valence-electron chi connectivity index (χ1n) is 7.70. The zero-order valence-electron chi connectivity index (χ0n) is 12.7. The third-order valence-electron chi connectivity index (χ3n) is 4.46. The topological polar surface area (TPSA) is 108 Å². The van der Waals surface area contributed by atoms with Gasteiger partial charge in [0.1, 0.15) is 0 Å². The van der Waals surface area contributed by atoms with Crippen LogP contribution >= 0.6 is 0 Å². The van der Waals surface area contributed by atoms with E-state index in [0.717, 1.165) is 18.4 Å². The highest BCUT2D eigenvalue weighted by Gasteiger charge is 2.31. The van der Waals surface area contributed by atoms with Gasteiger partial charge in [-0.25, -0.2) is 0 Å². The molecule has 1 heterocycles. The lowest BCUT2D eigenvalue weighted by Gasteiger charge is -2.22. The highest BCUT2D eigenvalue weighted by molar-refractivity contribution is 5.90. The van der Waals surface area contributed by atoms with E-state index in [2.05, 4.69) is 10.3 Å². The number of benzene rings is 1. The quantitative estimate of drug-likeness (QED) is 0.579. The Bertz CT molecular complexity index is 747. The number of hydrogen-bond donors (Lipinski definition) is 3. The van der Waals surface area contributed by atoms with Crippen LogP contribution in [0.4, 0.5) is 5.69 Å². The second-order valence-corrected chi connectivity index (χ2v) is 6.19. The van der Waals surface area contributed by atoms with Crippen LogP contribution in [0, 0.1) is 10.1 Å². The normalized spacial score (nSPS) is 16.6. The first kappa shape index (κ1) is 15.5. The third-order valence-corrected chi connectivity index (χ3v) is 4.46. The van der Waals surface area contributed by atoms with E-state index in [4.69, 9.17) is 0 Å². The first-order chi connectivity index (χ1) is 11.0. The number of carbonyl (C=O) groups excluding carboxylic acids is 1. The second-order valence-electron chi connectivity index (χ2n) is 6.19. The lowest BCUT2D eigenvalue weighted by Crippen LogP contribution is -2.41. The van der Waals surface area contributed by atoms with Crippen LogP contribution in [0.15, 0.2) is 24.4 Å². The SMILES string of the molecule is O=C(Cc1c[nH]c2ccc([N+](=O)[O-])cc12)NCC1(O)CCCC1. The Hall–Kier alpha value is -2.41. The molecule has 7 nitrogen and oxygen atoms in total. The summed E-state index contributed by atoms with van der Waals surface area (Å²) in [5.74, 6) is -0.197. The Morgan fingerprint density at radius 1 is 1.39 bits per heavy atom. The van der Waals surface area contributed by atoms with Gasteiger partial charge < -0.3 is 15.4 Å². The molecule has 0 saturated heterocycles. The zero-order chi connectivity index (χ0) is 16.4. The van der Waals surface area contributed by atoms with E-state index in [9.17, 15) is 20.0 Å². The molecule has 122 valence electrons. The fraction of sp³-hybridized carbons (Fsp3) is 0.438. The molecule has 0 atom stereocenters. The van der Waals surface area contributed by atoms with Crippen LogP contribution in [0.3, 0.4) is 0 Å². The lowest BCUT2D eigenvalue weighted by atomic mass is 10.0. The summed E-state index contributed by atoms with van der Waals surface area (Å²) in [5.41, 5.74) is 0.681. The number of non-ortho nitro benzene ring substituents is 1. The average molecular weight is 317 g/mol. The highest BCUT2D eigenvalue weighted by atomic mass is 16.6. The minimum atomic E-state index is -0.783. The van der Waals surface area contributed by atoms with Crippen LogP contribution < -0.4 is 5.32 Å². The van der Waals surface area contributed by atoms with Gasteiger partial charge >= 0.3 is 0 Å². The molecule has 0 radical (unpaired) electrons. The molecule has 1 aromatic heterocycles. The van der Waals surface area contributed by atoms with E-state index in [0.29, 0.717) is 23.8 Å². The van der Waals surface area contributed by atoms with Crippen molar-refractivity contribution >= 4 is 22.5 Å². The number of nitrogens with one attached hydrogen (secondary N) is 2. The smallest absolute Gasteiger partial charge is 0.270 e. The number of hydrogen-bond acceptors (Lipinski definition) is 4. The summed E-state index contributed by atoms with van der Waals surface area (Å²) in [7, 11) is 0. The highest BCUT2D eigenvalue weighted by Crippen LogP contribution is 2.28. The first-order valence-corrected chi connectivity index (χ1v) is 7.70. The Labute approximate surface area is 132 Å². The molecular weight excluding hydrogens is 298 g/mol. The van der Waals surface area contributed by atoms with Crippen LogP contribution in [0.1, 0.15) is 31.2 Å². The van der Waals surface area contributed by atoms with E-state index in [1.54, 1.807) is 12.3 Å². The summed E-state index contributed by atoms with van der Waals surface area (Å²) in [6, 6.07) is 4.54. The number of aromatic nitrogens is 1. The molecule has 3 rings (SSSR count). The van der Waals surface area contributed by atoms with Gasteiger partial charge in [0.25, 0.3) is 5.69 Å². The number of nitrogens with zero attached hydrogens (tertiary/aromatic N) is 1. The number of aromatic amines is 1. The van der Waals surface area contributed by atoms with Crippen LogP contribution in [0.25, 0.3) is 10.9 Å². The molecule has 1 aliphatic carbocycles. The molecule has 1 saturated carbocycles. The summed E-state index contributed by atoms with van der Waals surface area (Å²) >= 11 is 0. The van der Waals surface area contributed by atoms with E-state index in [-0.39, 0.29) is 24.6 Å². The number of aliphatic hydroxyl groups is 1. The number of nitro benzene ring substituents is 1. The van der Waals surface area contributed by atoms with Crippen LogP contribution in [-0.2, 0) is 11.2 Å². The van der Waals surface area contributed by atoms with Gasteiger partial charge in [0.05, 0.1) is 16.9 Å². The van der Waals surface area contributed by atoms with E-state index >= 15 is 0 Å². The standard InChI is InChI=1S/C16H19N3O4/c20-15(18-10-16(21)5-1-2-6-16)7-11-9-17-14-4-3-12(19(22)23)8-13(11)14/h3-4,8-9,17,21H,1-2,5-7,10H2,(H,18,20). The van der Waals surface area contributed by atoms with Crippen molar-refractivity contribution in [3.05, 3.63) is 40.1 Å². The molecule has 0 spiro atoms. The van der Waals surface area contributed by atoms with Crippen LogP contribution in [0.2, 0.25) is 0 Å². The molecule has 1 aromatic carbocycles. The summed E-state index contributed by atoms with van der Waals surface area (Å²) in [4.78, 5) is 25.5. The summed E-state index contributed by atoms with van der Waals surface area (Å²) in [5, 5.41) is 24.6. The maximum Gasteiger partial charge on any atom is 0.270 e. The maximum absolute atomic E-state index is 12.1. The van der Waals surface area contributed by atoms with Crippen molar-refractivity contribution in [1.82, 2.24) is 10.3 Å². The van der Waals surface area contributed by atoms with Crippen molar-refractivity contribution in [1.29, 1.82) is 0 Å². The van der Waals surface area contributed by atoms with Gasteiger partial charge in [-0.1, -0.05) is 12.8 Å². The van der Waals surface area contributed by atoms with Gasteiger partial charge in [0.2, 0.25) is 5.91 Å². The third kappa shape index (κ3) is 3.34. The van der Waals surface area contributed by atoms with Crippen molar-refractivity contribution in [2.75, 3.05) is 6.54 Å². The van der Waals surface area contributed by atoms with E-state index in [1.807, 2.05) is 0 Å². The average Bonchev–Trinajstić information content (AvgIpc) is 3.12. The second kappa shape index (κ2) is 6.00. The number of H-pyrrole nitrogens is 1. The number of nitro groups is 1. The summed E-state index contributed by atoms with van der Waals surface area (Å²) in [6.07, 6.45) is 5.21. The van der Waals surface area contributed by atoms with Crippen molar-refractivity contribution in [2.24, 2.45) is 0 Å². The van der Waals surface area contributed by atoms with Gasteiger partial charge in [-0.2, -0.15) is 0 Å². The van der Waals surface area contributed by atoms with Gasteiger partial charge in [0.15, 0.2) is 0 Å². The molecule has 1 aliphatic rings. The summed E-state index contributed by atoms with van der Waals surface area (Å²) < 4.78 is 0. The van der Waals surface area contributed by atoms with E-state index < -0.39 is 10.5 Å². The largest absolute Gasteiger partial charge is 0.388 e. The molecule has 7 heteroatoms. The molecule has 0 bridgehead atoms. The van der Waals surface area contributed by atoms with Gasteiger partial charge in [0, 0.05) is 35.8 Å². The molecule has 2 aromatic rings. The minimum absolute atomic E-state index is 0.000903. The Kier molecular flexibility index (Phi) is 4.04. The van der Waals surface area contributed by atoms with E-state index in [1.165, 1.54) is 12.1 Å². The fourth-order valence-electron chi connectivity index (χ4n) is 3.13. The van der Waals surface area contributed by atoms with Crippen molar-refractivity contribution in [3.8, 4) is 0 Å². The lowest BCUT2D eigenvalue weighted by molar-refractivity contribution is -0.384. The maximum atomic E-state index is 12.1. The van der Waals surface area contributed by atoms with Gasteiger partial charge in [-0.05, 0) is 24.5 Å². The molecular formula is C16H19N3O4. The molecule has 3 N–H and O–H groups in total. The predicted octanol–water partition coefficient (Wildman–Crippen LogP) is 2.04. The number of rotatable bonds is 5. The van der Waals surface area contributed by atoms with Gasteiger partial charge in [-0.3, -0.25) is 14.9 Å². The Balaban J connectivity index is 1.69. The molecule has 0 unspecified atom stereocenters. The monoisotopic (exact) mass is 317 g/mol. The van der Waals surface area contributed by atoms with Crippen LogP contribution in [0.5, 0.6) is 0 Å². The molecule has 1 amide bonds. The van der Waals surface area contributed by atoms with Crippen molar-refractivity contribution < 1.29 is 14.8 Å². The summed E-state index contributed by atoms with van der Waals surface area (Å²) in [6.45, 7) is 0.258. The van der Waals surface area contributed by atoms with Crippen LogP contribution in [-0.4, -0.2) is 33.1 Å². The Morgan fingerprint density at radius 3 is 2.83 bits per heavy atom. The zero-order valence-corrected chi connectivity index (χ0v) is 12.7. The minimum Gasteiger partial charge on any atom is -0.388 e. The number of amides is 1.